The minimum atomic E-state index is -0.530. The number of hydrogen-bond donors (Lipinski definition) is 0. The van der Waals surface area contributed by atoms with Crippen LogP contribution in [0.15, 0.2) is 48.5 Å². The molecule has 2 aromatic rings. The second-order valence-electron chi connectivity index (χ2n) is 6.30. The summed E-state index contributed by atoms with van der Waals surface area (Å²) < 4.78 is 5.27. The Hall–Kier alpha value is -2.93. The van der Waals surface area contributed by atoms with E-state index in [1.807, 2.05) is 18.2 Å². The van der Waals surface area contributed by atoms with Crippen molar-refractivity contribution in [1.29, 1.82) is 0 Å². The van der Waals surface area contributed by atoms with Crippen molar-refractivity contribution in [1.82, 2.24) is 4.90 Å². The number of esters is 1. The molecule has 1 atom stereocenters. The molecule has 0 spiro atoms. The molecule has 1 aliphatic heterocycles. The van der Waals surface area contributed by atoms with Gasteiger partial charge < -0.3 is 9.64 Å². The number of halogens is 1. The van der Waals surface area contributed by atoms with E-state index in [4.69, 9.17) is 16.3 Å². The fourth-order valence-electron chi connectivity index (χ4n) is 2.90. The van der Waals surface area contributed by atoms with Gasteiger partial charge in [-0.15, -0.1) is 0 Å². The average molecular weight is 389 g/mol. The molecule has 140 valence electrons. The van der Waals surface area contributed by atoms with Gasteiger partial charge in [-0.25, -0.2) is 0 Å². The van der Waals surface area contributed by atoms with Crippen molar-refractivity contribution >= 4 is 29.2 Å². The van der Waals surface area contributed by atoms with Gasteiger partial charge in [-0.3, -0.25) is 19.7 Å². The van der Waals surface area contributed by atoms with E-state index in [2.05, 4.69) is 0 Å². The number of carbonyl (C=O) groups excluding carboxylic acids is 2. The number of ether oxygens (including phenoxy) is 1. The van der Waals surface area contributed by atoms with E-state index in [9.17, 15) is 19.7 Å². The summed E-state index contributed by atoms with van der Waals surface area (Å²) in [5.74, 6) is -1.10. The Balaban J connectivity index is 1.54. The zero-order valence-electron chi connectivity index (χ0n) is 14.3. The first-order valence-corrected chi connectivity index (χ1v) is 8.73. The summed E-state index contributed by atoms with van der Waals surface area (Å²) in [6, 6.07) is 13.0. The van der Waals surface area contributed by atoms with Crippen molar-refractivity contribution < 1.29 is 19.2 Å². The Labute approximate surface area is 160 Å². The Morgan fingerprint density at radius 1 is 1.22 bits per heavy atom. The standard InChI is InChI=1S/C19H17ClN2O5/c20-17-4-2-1-3-14(17)10-21-11-15(9-18(21)23)19(24)27-12-13-5-7-16(8-6-13)22(25)26/h1-8,15H,9-12H2/t15-/m1/s1. The van der Waals surface area contributed by atoms with Gasteiger partial charge in [0.2, 0.25) is 5.91 Å². The molecule has 0 aromatic heterocycles. The van der Waals surface area contributed by atoms with Gasteiger partial charge in [-0.2, -0.15) is 0 Å². The van der Waals surface area contributed by atoms with Crippen LogP contribution in [0.25, 0.3) is 0 Å². The minimum absolute atomic E-state index is 0.00598. The number of nitrogens with zero attached hydrogens (tertiary/aromatic N) is 2. The van der Waals surface area contributed by atoms with E-state index in [1.165, 1.54) is 24.3 Å². The van der Waals surface area contributed by atoms with Crippen LogP contribution in [0.5, 0.6) is 0 Å². The van der Waals surface area contributed by atoms with Crippen molar-refractivity contribution in [2.75, 3.05) is 6.54 Å². The number of non-ortho nitro benzene ring substituents is 1. The van der Waals surface area contributed by atoms with Crippen molar-refractivity contribution in [3.63, 3.8) is 0 Å². The topological polar surface area (TPSA) is 89.7 Å². The predicted molar refractivity (Wildman–Crippen MR) is 97.9 cm³/mol. The maximum absolute atomic E-state index is 12.3. The lowest BCUT2D eigenvalue weighted by molar-refractivity contribution is -0.384. The third-order valence-corrected chi connectivity index (χ3v) is 4.76. The van der Waals surface area contributed by atoms with Crippen molar-refractivity contribution in [2.24, 2.45) is 5.92 Å². The van der Waals surface area contributed by atoms with Crippen molar-refractivity contribution in [2.45, 2.75) is 19.6 Å². The molecule has 0 radical (unpaired) electrons. The molecular formula is C19H17ClN2O5. The van der Waals surface area contributed by atoms with Crippen LogP contribution in [-0.4, -0.2) is 28.2 Å². The van der Waals surface area contributed by atoms with Crippen LogP contribution < -0.4 is 0 Å². The number of carbonyl (C=O) groups is 2. The van der Waals surface area contributed by atoms with Gasteiger partial charge in [0.05, 0.1) is 10.8 Å². The molecule has 7 nitrogen and oxygen atoms in total. The Kier molecular flexibility index (Phi) is 5.71. The normalized spacial score (nSPS) is 16.4. The first kappa shape index (κ1) is 18.8. The van der Waals surface area contributed by atoms with E-state index in [0.717, 1.165) is 5.56 Å². The highest BCUT2D eigenvalue weighted by atomic mass is 35.5. The highest BCUT2D eigenvalue weighted by molar-refractivity contribution is 6.31. The van der Waals surface area contributed by atoms with Crippen LogP contribution in [0.2, 0.25) is 5.02 Å². The van der Waals surface area contributed by atoms with Crippen LogP contribution in [0.4, 0.5) is 5.69 Å². The molecule has 2 aromatic carbocycles. The maximum Gasteiger partial charge on any atom is 0.311 e. The zero-order valence-corrected chi connectivity index (χ0v) is 15.1. The van der Waals surface area contributed by atoms with E-state index in [-0.39, 0.29) is 31.2 Å². The molecule has 0 bridgehead atoms. The monoisotopic (exact) mass is 388 g/mol. The number of likely N-dealkylation sites (tertiary alicyclic amines) is 1. The highest BCUT2D eigenvalue weighted by Crippen LogP contribution is 2.24. The van der Waals surface area contributed by atoms with Gasteiger partial charge in [0.1, 0.15) is 6.61 Å². The molecule has 27 heavy (non-hydrogen) atoms. The van der Waals surface area contributed by atoms with Crippen molar-refractivity contribution in [3.8, 4) is 0 Å². The summed E-state index contributed by atoms with van der Waals surface area (Å²) in [5.41, 5.74) is 1.44. The van der Waals surface area contributed by atoms with Crippen LogP contribution >= 0.6 is 11.6 Å². The molecule has 0 saturated carbocycles. The fraction of sp³-hybridized carbons (Fsp3) is 0.263. The minimum Gasteiger partial charge on any atom is -0.461 e. The smallest absolute Gasteiger partial charge is 0.311 e. The molecule has 8 heteroatoms. The van der Waals surface area contributed by atoms with Crippen LogP contribution in [-0.2, 0) is 27.5 Å². The molecule has 0 unspecified atom stereocenters. The molecule has 1 saturated heterocycles. The quantitative estimate of drug-likeness (QED) is 0.430. The lowest BCUT2D eigenvalue weighted by atomic mass is 10.1. The van der Waals surface area contributed by atoms with Gasteiger partial charge in [0, 0.05) is 36.7 Å². The van der Waals surface area contributed by atoms with Gasteiger partial charge in [-0.1, -0.05) is 29.8 Å². The number of nitro groups is 1. The lowest BCUT2D eigenvalue weighted by Crippen LogP contribution is -2.26. The zero-order chi connectivity index (χ0) is 19.4. The molecule has 0 N–H and O–H groups in total. The SMILES string of the molecule is O=C(OCc1ccc([N+](=O)[O-])cc1)[C@@H]1CC(=O)N(Cc2ccccc2Cl)C1. The van der Waals surface area contributed by atoms with E-state index in [1.54, 1.807) is 11.0 Å². The number of nitro benzene ring substituents is 1. The summed E-state index contributed by atoms with van der Waals surface area (Å²) in [7, 11) is 0. The molecule has 1 fully saturated rings. The van der Waals surface area contributed by atoms with E-state index in [0.29, 0.717) is 17.1 Å². The molecule has 3 rings (SSSR count). The first-order chi connectivity index (χ1) is 12.9. The Bertz CT molecular complexity index is 869. The van der Waals surface area contributed by atoms with E-state index < -0.39 is 16.8 Å². The molecule has 1 aliphatic rings. The first-order valence-electron chi connectivity index (χ1n) is 8.35. The molecular weight excluding hydrogens is 372 g/mol. The third-order valence-electron chi connectivity index (χ3n) is 4.40. The predicted octanol–water partition coefficient (Wildman–Crippen LogP) is 3.34. The average Bonchev–Trinajstić information content (AvgIpc) is 3.02. The van der Waals surface area contributed by atoms with E-state index >= 15 is 0 Å². The second kappa shape index (κ2) is 8.18. The summed E-state index contributed by atoms with van der Waals surface area (Å²) in [4.78, 5) is 36.2. The van der Waals surface area contributed by atoms with Crippen molar-refractivity contribution in [3.05, 3.63) is 74.8 Å². The number of amides is 1. The number of rotatable bonds is 6. The van der Waals surface area contributed by atoms with Crippen LogP contribution in [0, 0.1) is 16.0 Å². The summed E-state index contributed by atoms with van der Waals surface area (Å²) in [6.45, 7) is 0.639. The third kappa shape index (κ3) is 4.62. The van der Waals surface area contributed by atoms with Crippen LogP contribution in [0.3, 0.4) is 0 Å². The summed E-state index contributed by atoms with van der Waals surface area (Å²) in [5, 5.41) is 11.2. The molecule has 1 amide bonds. The second-order valence-corrected chi connectivity index (χ2v) is 6.71. The summed E-state index contributed by atoms with van der Waals surface area (Å²) >= 11 is 6.13. The highest BCUT2D eigenvalue weighted by Gasteiger charge is 2.35. The van der Waals surface area contributed by atoms with Gasteiger partial charge in [0.25, 0.3) is 5.69 Å². The van der Waals surface area contributed by atoms with Gasteiger partial charge in [-0.05, 0) is 29.3 Å². The fourth-order valence-corrected chi connectivity index (χ4v) is 3.10. The number of hydrogen-bond acceptors (Lipinski definition) is 5. The van der Waals surface area contributed by atoms with Gasteiger partial charge in [0.15, 0.2) is 0 Å². The number of benzene rings is 2. The molecule has 0 aliphatic carbocycles. The maximum atomic E-state index is 12.3. The van der Waals surface area contributed by atoms with Crippen LogP contribution in [0.1, 0.15) is 17.5 Å². The van der Waals surface area contributed by atoms with Gasteiger partial charge >= 0.3 is 5.97 Å². The molecule has 1 heterocycles. The Morgan fingerprint density at radius 3 is 2.59 bits per heavy atom. The largest absolute Gasteiger partial charge is 0.461 e. The summed E-state index contributed by atoms with van der Waals surface area (Å²) in [6.07, 6.45) is 0.101. The lowest BCUT2D eigenvalue weighted by Gasteiger charge is -2.17. The Morgan fingerprint density at radius 2 is 1.93 bits per heavy atom.